The van der Waals surface area contributed by atoms with Gasteiger partial charge >= 0.3 is 4.87 Å². The molecule has 1 atom stereocenters. The summed E-state index contributed by atoms with van der Waals surface area (Å²) in [5, 5.41) is 0.604. The number of epoxide rings is 1. The van der Waals surface area contributed by atoms with Gasteiger partial charge in [0.1, 0.15) is 0 Å². The van der Waals surface area contributed by atoms with Crippen molar-refractivity contribution in [1.29, 1.82) is 0 Å². The number of aromatic nitrogens is 1. The fourth-order valence-electron chi connectivity index (χ4n) is 1.64. The smallest absolute Gasteiger partial charge is 0.310 e. The molecule has 0 spiro atoms. The zero-order chi connectivity index (χ0) is 11.1. The lowest BCUT2D eigenvalue weighted by Gasteiger charge is -2.02. The Kier molecular flexibility index (Phi) is 2.15. The molecule has 1 aromatic carbocycles. The predicted octanol–water partition coefficient (Wildman–Crippen LogP) is 0.822. The Balaban J connectivity index is 2.27. The van der Waals surface area contributed by atoms with Crippen LogP contribution in [0.5, 0.6) is 0 Å². The van der Waals surface area contributed by atoms with Crippen molar-refractivity contribution < 1.29 is 4.74 Å². The Hall–Kier alpha value is -1.46. The van der Waals surface area contributed by atoms with Crippen LogP contribution in [0.2, 0.25) is 0 Å². The highest BCUT2D eigenvalue weighted by Crippen LogP contribution is 2.13. The first-order valence-electron chi connectivity index (χ1n) is 5.00. The number of fused-ring (bicyclic) bond motifs is 1. The standard InChI is InChI=1S/C11H9NO3S/c13-10-8-3-1-2-4-9(8)16-11(14)12(10)5-7-6-15-7/h1-4,7H,5-6H2. The summed E-state index contributed by atoms with van der Waals surface area (Å²) in [5.74, 6) is 0. The molecule has 0 aliphatic carbocycles. The topological polar surface area (TPSA) is 51.6 Å². The zero-order valence-corrected chi connectivity index (χ0v) is 9.20. The maximum Gasteiger partial charge on any atom is 0.310 e. The molecule has 3 rings (SSSR count). The van der Waals surface area contributed by atoms with Crippen molar-refractivity contribution in [1.82, 2.24) is 4.57 Å². The summed E-state index contributed by atoms with van der Waals surface area (Å²) < 4.78 is 7.05. The molecule has 0 amide bonds. The van der Waals surface area contributed by atoms with E-state index in [0.717, 1.165) is 16.0 Å². The second-order valence-electron chi connectivity index (χ2n) is 3.74. The van der Waals surface area contributed by atoms with E-state index in [1.807, 2.05) is 6.07 Å². The summed E-state index contributed by atoms with van der Waals surface area (Å²) in [7, 11) is 0. The van der Waals surface area contributed by atoms with Crippen LogP contribution in [0.25, 0.3) is 10.1 Å². The number of hydrogen-bond acceptors (Lipinski definition) is 4. The van der Waals surface area contributed by atoms with Crippen LogP contribution in [-0.4, -0.2) is 17.3 Å². The molecule has 1 saturated heterocycles. The van der Waals surface area contributed by atoms with Crippen molar-refractivity contribution in [2.45, 2.75) is 12.6 Å². The van der Waals surface area contributed by atoms with Gasteiger partial charge in [-0.1, -0.05) is 23.5 Å². The number of benzene rings is 1. The highest BCUT2D eigenvalue weighted by molar-refractivity contribution is 7.16. The highest BCUT2D eigenvalue weighted by atomic mass is 32.1. The largest absolute Gasteiger partial charge is 0.371 e. The Morgan fingerprint density at radius 2 is 2.12 bits per heavy atom. The van der Waals surface area contributed by atoms with E-state index in [1.54, 1.807) is 18.2 Å². The fourth-order valence-corrected chi connectivity index (χ4v) is 2.51. The van der Waals surface area contributed by atoms with Crippen LogP contribution in [0.15, 0.2) is 33.9 Å². The molecule has 1 aromatic heterocycles. The van der Waals surface area contributed by atoms with E-state index in [1.165, 1.54) is 4.57 Å². The van der Waals surface area contributed by atoms with Crippen LogP contribution in [0, 0.1) is 0 Å². The first-order chi connectivity index (χ1) is 7.75. The van der Waals surface area contributed by atoms with E-state index < -0.39 is 0 Å². The van der Waals surface area contributed by atoms with Crippen LogP contribution in [0.1, 0.15) is 0 Å². The van der Waals surface area contributed by atoms with Crippen molar-refractivity contribution in [2.75, 3.05) is 6.61 Å². The third-order valence-corrected chi connectivity index (χ3v) is 3.54. The van der Waals surface area contributed by atoms with E-state index >= 15 is 0 Å². The molecule has 1 aliphatic rings. The van der Waals surface area contributed by atoms with Gasteiger partial charge in [-0.25, -0.2) is 0 Å². The second-order valence-corrected chi connectivity index (χ2v) is 4.73. The molecule has 4 nitrogen and oxygen atoms in total. The molecule has 1 unspecified atom stereocenters. The summed E-state index contributed by atoms with van der Waals surface area (Å²) in [6, 6.07) is 7.17. The fraction of sp³-hybridized carbons (Fsp3) is 0.273. The van der Waals surface area contributed by atoms with Gasteiger partial charge in [-0.2, -0.15) is 0 Å². The number of nitrogens with zero attached hydrogens (tertiary/aromatic N) is 1. The van der Waals surface area contributed by atoms with Crippen molar-refractivity contribution >= 4 is 21.4 Å². The summed E-state index contributed by atoms with van der Waals surface area (Å²) in [6.45, 7) is 1.02. The van der Waals surface area contributed by atoms with Crippen LogP contribution in [0.4, 0.5) is 0 Å². The SMILES string of the molecule is O=c1sc2ccccc2c(=O)n1CC1CO1. The maximum atomic E-state index is 12.0. The molecule has 1 fully saturated rings. The Morgan fingerprint density at radius 3 is 2.88 bits per heavy atom. The van der Waals surface area contributed by atoms with Crippen LogP contribution in [-0.2, 0) is 11.3 Å². The molecule has 0 saturated carbocycles. The Bertz CT molecular complexity index is 654. The van der Waals surface area contributed by atoms with Gasteiger partial charge in [0.2, 0.25) is 0 Å². The van der Waals surface area contributed by atoms with E-state index in [0.29, 0.717) is 18.5 Å². The van der Waals surface area contributed by atoms with Gasteiger partial charge < -0.3 is 4.74 Å². The van der Waals surface area contributed by atoms with Crippen LogP contribution in [0.3, 0.4) is 0 Å². The summed E-state index contributed by atoms with van der Waals surface area (Å²) >= 11 is 1.10. The minimum Gasteiger partial charge on any atom is -0.371 e. The van der Waals surface area contributed by atoms with Gasteiger partial charge in [-0.05, 0) is 12.1 Å². The average Bonchev–Trinajstić information content (AvgIpc) is 3.08. The quantitative estimate of drug-likeness (QED) is 0.724. The molecule has 2 aromatic rings. The minimum absolute atomic E-state index is 0.0405. The van der Waals surface area contributed by atoms with Crippen molar-refractivity contribution in [3.63, 3.8) is 0 Å². The van der Waals surface area contributed by atoms with Gasteiger partial charge in [0, 0.05) is 4.70 Å². The lowest BCUT2D eigenvalue weighted by atomic mass is 10.3. The van der Waals surface area contributed by atoms with E-state index in [9.17, 15) is 9.59 Å². The van der Waals surface area contributed by atoms with Gasteiger partial charge in [-0.3, -0.25) is 14.2 Å². The minimum atomic E-state index is -0.213. The molecule has 0 bridgehead atoms. The second kappa shape index (κ2) is 3.54. The molecule has 0 radical (unpaired) electrons. The zero-order valence-electron chi connectivity index (χ0n) is 8.38. The summed E-state index contributed by atoms with van der Waals surface area (Å²) in [5.41, 5.74) is -0.213. The van der Waals surface area contributed by atoms with E-state index in [-0.39, 0.29) is 16.5 Å². The lowest BCUT2D eigenvalue weighted by molar-refractivity contribution is 0.379. The lowest BCUT2D eigenvalue weighted by Crippen LogP contribution is -2.32. The van der Waals surface area contributed by atoms with Gasteiger partial charge in [0.15, 0.2) is 0 Å². The van der Waals surface area contributed by atoms with Gasteiger partial charge in [-0.15, -0.1) is 0 Å². The average molecular weight is 235 g/mol. The maximum absolute atomic E-state index is 12.0. The molecule has 0 N–H and O–H groups in total. The number of rotatable bonds is 2. The van der Waals surface area contributed by atoms with Crippen molar-refractivity contribution in [3.8, 4) is 0 Å². The van der Waals surface area contributed by atoms with Crippen molar-refractivity contribution in [3.05, 3.63) is 44.3 Å². The molecule has 82 valence electrons. The summed E-state index contributed by atoms with van der Waals surface area (Å²) in [4.78, 5) is 23.6. The van der Waals surface area contributed by atoms with Crippen LogP contribution >= 0.6 is 11.3 Å². The molecule has 1 aliphatic heterocycles. The Labute approximate surface area is 94.7 Å². The number of ether oxygens (including phenoxy) is 1. The predicted molar refractivity (Wildman–Crippen MR) is 62.1 cm³/mol. The monoisotopic (exact) mass is 235 g/mol. The Morgan fingerprint density at radius 1 is 1.38 bits per heavy atom. The van der Waals surface area contributed by atoms with Crippen molar-refractivity contribution in [2.24, 2.45) is 0 Å². The first-order valence-corrected chi connectivity index (χ1v) is 5.81. The normalized spacial score (nSPS) is 18.9. The first kappa shape index (κ1) is 9.74. The third kappa shape index (κ3) is 1.58. The number of hydrogen-bond donors (Lipinski definition) is 0. The van der Waals surface area contributed by atoms with Crippen LogP contribution < -0.4 is 10.4 Å². The molecule has 16 heavy (non-hydrogen) atoms. The molecule has 5 heteroatoms. The van der Waals surface area contributed by atoms with Gasteiger partial charge in [0.25, 0.3) is 5.56 Å². The molecular weight excluding hydrogens is 226 g/mol. The third-order valence-electron chi connectivity index (χ3n) is 2.57. The highest BCUT2D eigenvalue weighted by Gasteiger charge is 2.24. The molecular formula is C11H9NO3S. The van der Waals surface area contributed by atoms with Gasteiger partial charge in [0.05, 0.1) is 24.6 Å². The van der Waals surface area contributed by atoms with E-state index in [4.69, 9.17) is 4.74 Å². The summed E-state index contributed by atoms with van der Waals surface area (Å²) in [6.07, 6.45) is 0.0405. The molecule has 2 heterocycles. The van der Waals surface area contributed by atoms with E-state index in [2.05, 4.69) is 0 Å².